The molecule has 2 aromatic heterocycles. The van der Waals surface area contributed by atoms with Crippen molar-refractivity contribution in [3.8, 4) is 0 Å². The zero-order valence-electron chi connectivity index (χ0n) is 12.0. The fraction of sp³-hybridized carbons (Fsp3) is 0.500. The van der Waals surface area contributed by atoms with Crippen LogP contribution in [0.15, 0.2) is 22.9 Å². The molecule has 0 bridgehead atoms. The van der Waals surface area contributed by atoms with Crippen LogP contribution in [0.1, 0.15) is 36.0 Å². The first kappa shape index (κ1) is 14.8. The molecule has 1 aliphatic rings. The van der Waals surface area contributed by atoms with E-state index in [0.717, 1.165) is 31.6 Å². The lowest BCUT2D eigenvalue weighted by Gasteiger charge is -2.32. The van der Waals surface area contributed by atoms with Crippen LogP contribution in [-0.2, 0) is 6.18 Å². The predicted octanol–water partition coefficient (Wildman–Crippen LogP) is 3.18. The molecular formula is C14H15F3N4O. The van der Waals surface area contributed by atoms with E-state index in [-0.39, 0.29) is 5.92 Å². The second-order valence-corrected chi connectivity index (χ2v) is 5.37. The lowest BCUT2D eigenvalue weighted by atomic mass is 9.98. The van der Waals surface area contributed by atoms with E-state index in [2.05, 4.69) is 15.1 Å². The molecule has 0 aliphatic carbocycles. The number of pyridine rings is 1. The zero-order chi connectivity index (χ0) is 15.7. The first-order valence-corrected chi connectivity index (χ1v) is 7.02. The van der Waals surface area contributed by atoms with E-state index in [4.69, 9.17) is 4.52 Å². The van der Waals surface area contributed by atoms with Crippen LogP contribution >= 0.6 is 0 Å². The maximum Gasteiger partial charge on any atom is 0.417 e. The quantitative estimate of drug-likeness (QED) is 0.852. The summed E-state index contributed by atoms with van der Waals surface area (Å²) in [7, 11) is 0. The van der Waals surface area contributed by atoms with Gasteiger partial charge in [0.15, 0.2) is 5.82 Å². The number of aromatic nitrogens is 3. The Hall–Kier alpha value is -2.12. The van der Waals surface area contributed by atoms with Crippen molar-refractivity contribution >= 4 is 5.82 Å². The predicted molar refractivity (Wildman–Crippen MR) is 72.5 cm³/mol. The number of rotatable bonds is 2. The topological polar surface area (TPSA) is 55.1 Å². The zero-order valence-corrected chi connectivity index (χ0v) is 12.0. The number of aryl methyl sites for hydroxylation is 1. The van der Waals surface area contributed by atoms with Gasteiger partial charge in [0.1, 0.15) is 5.82 Å². The van der Waals surface area contributed by atoms with Crippen molar-refractivity contribution in [3.63, 3.8) is 0 Å². The van der Waals surface area contributed by atoms with Gasteiger partial charge in [-0.05, 0) is 31.9 Å². The van der Waals surface area contributed by atoms with Gasteiger partial charge in [-0.15, -0.1) is 0 Å². The SMILES string of the molecule is Cc1noc([C@@H]2CCCN(c3ccc(C(F)(F)F)cn3)C2)n1. The van der Waals surface area contributed by atoms with E-state index in [1.54, 1.807) is 6.92 Å². The Labute approximate surface area is 125 Å². The monoisotopic (exact) mass is 312 g/mol. The fourth-order valence-electron chi connectivity index (χ4n) is 2.61. The van der Waals surface area contributed by atoms with Gasteiger partial charge in [-0.3, -0.25) is 0 Å². The van der Waals surface area contributed by atoms with Gasteiger partial charge in [0.2, 0.25) is 5.89 Å². The normalized spacial score (nSPS) is 19.5. The Balaban J connectivity index is 1.74. The second-order valence-electron chi connectivity index (χ2n) is 5.37. The second kappa shape index (κ2) is 5.58. The summed E-state index contributed by atoms with van der Waals surface area (Å²) < 4.78 is 42.9. The van der Waals surface area contributed by atoms with Gasteiger partial charge < -0.3 is 9.42 Å². The first-order chi connectivity index (χ1) is 10.4. The number of nitrogens with zero attached hydrogens (tertiary/aromatic N) is 4. The summed E-state index contributed by atoms with van der Waals surface area (Å²) in [4.78, 5) is 10.1. The van der Waals surface area contributed by atoms with Gasteiger partial charge >= 0.3 is 6.18 Å². The molecule has 0 saturated carbocycles. The van der Waals surface area contributed by atoms with Gasteiger partial charge in [0.25, 0.3) is 0 Å². The maximum atomic E-state index is 12.6. The van der Waals surface area contributed by atoms with Crippen LogP contribution in [0.2, 0.25) is 0 Å². The maximum absolute atomic E-state index is 12.6. The number of halogens is 3. The number of hydrogen-bond donors (Lipinski definition) is 0. The third-order valence-electron chi connectivity index (χ3n) is 3.71. The Morgan fingerprint density at radius 1 is 1.32 bits per heavy atom. The van der Waals surface area contributed by atoms with E-state index < -0.39 is 11.7 Å². The highest BCUT2D eigenvalue weighted by Crippen LogP contribution is 2.31. The van der Waals surface area contributed by atoms with Crippen molar-refractivity contribution in [3.05, 3.63) is 35.6 Å². The molecule has 1 saturated heterocycles. The number of hydrogen-bond acceptors (Lipinski definition) is 5. The molecule has 0 amide bonds. The molecule has 8 heteroatoms. The van der Waals surface area contributed by atoms with Gasteiger partial charge in [0, 0.05) is 19.3 Å². The molecule has 1 fully saturated rings. The highest BCUT2D eigenvalue weighted by molar-refractivity contribution is 5.41. The van der Waals surface area contributed by atoms with Crippen LogP contribution in [0, 0.1) is 6.92 Å². The van der Waals surface area contributed by atoms with Crippen LogP contribution in [-0.4, -0.2) is 28.2 Å². The summed E-state index contributed by atoms with van der Waals surface area (Å²) in [5, 5.41) is 3.78. The van der Waals surface area contributed by atoms with Crippen LogP contribution in [0.25, 0.3) is 0 Å². The van der Waals surface area contributed by atoms with Gasteiger partial charge in [-0.2, -0.15) is 18.2 Å². The molecule has 1 aliphatic heterocycles. The molecule has 0 aromatic carbocycles. The molecule has 118 valence electrons. The van der Waals surface area contributed by atoms with Gasteiger partial charge in [-0.25, -0.2) is 4.98 Å². The number of anilines is 1. The molecule has 0 radical (unpaired) electrons. The third-order valence-corrected chi connectivity index (χ3v) is 3.71. The van der Waals surface area contributed by atoms with Crippen LogP contribution in [0.5, 0.6) is 0 Å². The Morgan fingerprint density at radius 3 is 2.73 bits per heavy atom. The largest absolute Gasteiger partial charge is 0.417 e. The number of alkyl halides is 3. The summed E-state index contributed by atoms with van der Waals surface area (Å²) in [5.41, 5.74) is -0.739. The lowest BCUT2D eigenvalue weighted by molar-refractivity contribution is -0.137. The molecule has 3 rings (SSSR count). The Bertz CT molecular complexity index is 638. The highest BCUT2D eigenvalue weighted by Gasteiger charge is 2.31. The van der Waals surface area contributed by atoms with Crippen LogP contribution in [0.4, 0.5) is 19.0 Å². The smallest absolute Gasteiger partial charge is 0.356 e. The van der Waals surface area contributed by atoms with E-state index in [9.17, 15) is 13.2 Å². The van der Waals surface area contributed by atoms with Crippen LogP contribution in [0.3, 0.4) is 0 Å². The minimum absolute atomic E-state index is 0.0824. The van der Waals surface area contributed by atoms with Crippen molar-refractivity contribution in [1.29, 1.82) is 0 Å². The molecule has 2 aromatic rings. The summed E-state index contributed by atoms with van der Waals surface area (Å²) in [6.07, 6.45) is -1.68. The molecule has 0 N–H and O–H groups in total. The molecule has 0 unspecified atom stereocenters. The summed E-state index contributed by atoms with van der Waals surface area (Å²) in [5.74, 6) is 1.78. The van der Waals surface area contributed by atoms with Crippen molar-refractivity contribution in [1.82, 2.24) is 15.1 Å². The van der Waals surface area contributed by atoms with Gasteiger partial charge in [0.05, 0.1) is 11.5 Å². The van der Waals surface area contributed by atoms with E-state index >= 15 is 0 Å². The van der Waals surface area contributed by atoms with E-state index in [1.165, 1.54) is 6.07 Å². The molecule has 22 heavy (non-hydrogen) atoms. The first-order valence-electron chi connectivity index (χ1n) is 7.02. The summed E-state index contributed by atoms with van der Waals surface area (Å²) in [6, 6.07) is 2.47. The van der Waals surface area contributed by atoms with Crippen LogP contribution < -0.4 is 4.90 Å². The van der Waals surface area contributed by atoms with Gasteiger partial charge in [-0.1, -0.05) is 5.16 Å². The average Bonchev–Trinajstić information content (AvgIpc) is 2.93. The minimum atomic E-state index is -4.36. The highest BCUT2D eigenvalue weighted by atomic mass is 19.4. The number of piperidine rings is 1. The standard InChI is InChI=1S/C14H15F3N4O/c1-9-19-13(22-20-9)10-3-2-6-21(8-10)12-5-4-11(7-18-12)14(15,16)17/h4-5,7,10H,2-3,6,8H2,1H3/t10-/m1/s1. The molecule has 5 nitrogen and oxygen atoms in total. The summed E-state index contributed by atoms with van der Waals surface area (Å²) >= 11 is 0. The molecular weight excluding hydrogens is 297 g/mol. The van der Waals surface area contributed by atoms with Crippen molar-refractivity contribution in [2.45, 2.75) is 31.9 Å². The van der Waals surface area contributed by atoms with Crippen molar-refractivity contribution in [2.24, 2.45) is 0 Å². The molecule has 0 spiro atoms. The molecule has 3 heterocycles. The fourth-order valence-corrected chi connectivity index (χ4v) is 2.61. The van der Waals surface area contributed by atoms with E-state index in [1.807, 2.05) is 4.90 Å². The Morgan fingerprint density at radius 2 is 2.14 bits per heavy atom. The van der Waals surface area contributed by atoms with Crippen molar-refractivity contribution < 1.29 is 17.7 Å². The molecule has 1 atom stereocenters. The minimum Gasteiger partial charge on any atom is -0.356 e. The average molecular weight is 312 g/mol. The van der Waals surface area contributed by atoms with E-state index in [0.29, 0.717) is 24.1 Å². The lowest BCUT2D eigenvalue weighted by Crippen LogP contribution is -2.35. The Kier molecular flexibility index (Phi) is 3.76. The third kappa shape index (κ3) is 3.05. The summed E-state index contributed by atoms with van der Waals surface area (Å²) in [6.45, 7) is 3.12. The van der Waals surface area contributed by atoms with Crippen molar-refractivity contribution in [2.75, 3.05) is 18.0 Å².